The Morgan fingerprint density at radius 3 is 2.59 bits per heavy atom. The van der Waals surface area contributed by atoms with Gasteiger partial charge in [-0.3, -0.25) is 0 Å². The molecule has 0 saturated heterocycles. The van der Waals surface area contributed by atoms with Crippen molar-refractivity contribution in [2.24, 2.45) is 11.7 Å². The maximum Gasteiger partial charge on any atom is 0.374 e. The SMILES string of the molecule is CCOC(=O)c1ccc(S(=O)(=O)NC(C)(CN)CC(C)C)o1. The minimum absolute atomic E-state index is 0.149. The summed E-state index contributed by atoms with van der Waals surface area (Å²) in [7, 11) is -3.91. The van der Waals surface area contributed by atoms with Crippen LogP contribution in [-0.2, 0) is 14.8 Å². The van der Waals surface area contributed by atoms with Crippen LogP contribution in [-0.4, -0.2) is 33.1 Å². The number of carbonyl (C=O) groups is 1. The fraction of sp³-hybridized carbons (Fsp3) is 0.643. The molecular weight excluding hydrogens is 308 g/mol. The Balaban J connectivity index is 2.97. The molecule has 0 spiro atoms. The smallest absolute Gasteiger partial charge is 0.374 e. The predicted octanol–water partition coefficient (Wildman–Crippen LogP) is 1.50. The molecule has 0 aromatic carbocycles. The molecule has 0 amide bonds. The second kappa shape index (κ2) is 7.26. The van der Waals surface area contributed by atoms with Gasteiger partial charge < -0.3 is 14.9 Å². The van der Waals surface area contributed by atoms with Crippen molar-refractivity contribution in [3.63, 3.8) is 0 Å². The molecule has 22 heavy (non-hydrogen) atoms. The lowest BCUT2D eigenvalue weighted by atomic mass is 9.92. The van der Waals surface area contributed by atoms with E-state index in [1.165, 1.54) is 12.1 Å². The summed E-state index contributed by atoms with van der Waals surface area (Å²) in [5.74, 6) is -0.587. The molecule has 0 aliphatic heterocycles. The van der Waals surface area contributed by atoms with Gasteiger partial charge >= 0.3 is 5.97 Å². The van der Waals surface area contributed by atoms with E-state index >= 15 is 0 Å². The molecule has 0 bridgehead atoms. The quantitative estimate of drug-likeness (QED) is 0.698. The van der Waals surface area contributed by atoms with E-state index in [0.717, 1.165) is 0 Å². The van der Waals surface area contributed by atoms with Crippen molar-refractivity contribution in [1.29, 1.82) is 0 Å². The Morgan fingerprint density at radius 2 is 2.09 bits per heavy atom. The van der Waals surface area contributed by atoms with Crippen LogP contribution in [0.2, 0.25) is 0 Å². The first kappa shape index (κ1) is 18.7. The summed E-state index contributed by atoms with van der Waals surface area (Å²) in [6, 6.07) is 2.50. The highest BCUT2D eigenvalue weighted by atomic mass is 32.2. The van der Waals surface area contributed by atoms with Crippen LogP contribution in [0.1, 0.15) is 44.7 Å². The fourth-order valence-electron chi connectivity index (χ4n) is 2.22. The number of esters is 1. The molecule has 126 valence electrons. The highest BCUT2D eigenvalue weighted by molar-refractivity contribution is 7.89. The lowest BCUT2D eigenvalue weighted by Gasteiger charge is -2.30. The van der Waals surface area contributed by atoms with E-state index in [2.05, 4.69) is 4.72 Å². The summed E-state index contributed by atoms with van der Waals surface area (Å²) < 4.78 is 37.1. The second-order valence-corrected chi connectivity index (χ2v) is 7.42. The maximum atomic E-state index is 12.4. The molecule has 1 atom stereocenters. The van der Waals surface area contributed by atoms with Crippen LogP contribution in [0.5, 0.6) is 0 Å². The van der Waals surface area contributed by atoms with Gasteiger partial charge in [-0.2, -0.15) is 0 Å². The van der Waals surface area contributed by atoms with Gasteiger partial charge in [0.15, 0.2) is 0 Å². The largest absolute Gasteiger partial charge is 0.460 e. The van der Waals surface area contributed by atoms with E-state index in [9.17, 15) is 13.2 Å². The van der Waals surface area contributed by atoms with Gasteiger partial charge in [-0.15, -0.1) is 0 Å². The third kappa shape index (κ3) is 4.82. The number of ether oxygens (including phenoxy) is 1. The lowest BCUT2D eigenvalue weighted by molar-refractivity contribution is 0.0484. The highest BCUT2D eigenvalue weighted by Gasteiger charge is 2.32. The van der Waals surface area contributed by atoms with E-state index in [1.807, 2.05) is 13.8 Å². The zero-order valence-electron chi connectivity index (χ0n) is 13.4. The topological polar surface area (TPSA) is 112 Å². The van der Waals surface area contributed by atoms with Gasteiger partial charge in [0, 0.05) is 12.1 Å². The Labute approximate surface area is 131 Å². The van der Waals surface area contributed by atoms with Gasteiger partial charge in [0.1, 0.15) is 0 Å². The number of hydrogen-bond acceptors (Lipinski definition) is 6. The van der Waals surface area contributed by atoms with Gasteiger partial charge in [-0.1, -0.05) is 13.8 Å². The van der Waals surface area contributed by atoms with Gasteiger partial charge in [-0.05, 0) is 38.3 Å². The summed E-state index contributed by atoms with van der Waals surface area (Å²) in [6.07, 6.45) is 0.578. The molecule has 0 radical (unpaired) electrons. The minimum Gasteiger partial charge on any atom is -0.460 e. The zero-order valence-corrected chi connectivity index (χ0v) is 14.2. The van der Waals surface area contributed by atoms with Crippen LogP contribution >= 0.6 is 0 Å². The molecule has 0 aliphatic carbocycles. The average molecular weight is 332 g/mol. The average Bonchev–Trinajstić information content (AvgIpc) is 2.87. The molecule has 1 rings (SSSR count). The molecule has 1 aromatic rings. The predicted molar refractivity (Wildman–Crippen MR) is 81.9 cm³/mol. The van der Waals surface area contributed by atoms with Crippen molar-refractivity contribution in [1.82, 2.24) is 4.72 Å². The lowest BCUT2D eigenvalue weighted by Crippen LogP contribution is -2.51. The standard InChI is InChI=1S/C14H24N2O5S/c1-5-20-13(17)11-6-7-12(21-11)22(18,19)16-14(4,9-15)8-10(2)3/h6-7,10,16H,5,8-9,15H2,1-4H3. The molecule has 3 N–H and O–H groups in total. The Morgan fingerprint density at radius 1 is 1.45 bits per heavy atom. The van der Waals surface area contributed by atoms with E-state index in [4.69, 9.17) is 14.9 Å². The van der Waals surface area contributed by atoms with Gasteiger partial charge in [0.2, 0.25) is 10.9 Å². The number of nitrogens with one attached hydrogen (secondary N) is 1. The molecule has 7 nitrogen and oxygen atoms in total. The van der Waals surface area contributed by atoms with Crippen LogP contribution in [0.25, 0.3) is 0 Å². The maximum absolute atomic E-state index is 12.4. The number of carbonyl (C=O) groups excluding carboxylic acids is 1. The Hall–Kier alpha value is -1.38. The molecule has 0 saturated carbocycles. The van der Waals surface area contributed by atoms with E-state index in [0.29, 0.717) is 6.42 Å². The normalized spacial score (nSPS) is 14.8. The van der Waals surface area contributed by atoms with Crippen molar-refractivity contribution in [2.45, 2.75) is 44.7 Å². The number of rotatable bonds is 8. The Bertz CT molecular complexity index is 609. The first-order valence-electron chi connectivity index (χ1n) is 7.14. The molecule has 1 heterocycles. The van der Waals surface area contributed by atoms with Crippen molar-refractivity contribution < 1.29 is 22.4 Å². The summed E-state index contributed by atoms with van der Waals surface area (Å²) in [5, 5.41) is -0.334. The van der Waals surface area contributed by atoms with Gasteiger partial charge in [0.05, 0.1) is 6.61 Å². The Kier molecular flexibility index (Phi) is 6.16. The summed E-state index contributed by atoms with van der Waals surface area (Å²) in [4.78, 5) is 11.5. The second-order valence-electron chi connectivity index (χ2n) is 5.81. The van der Waals surface area contributed by atoms with Crippen molar-refractivity contribution >= 4 is 16.0 Å². The minimum atomic E-state index is -3.91. The molecule has 8 heteroatoms. The number of hydrogen-bond donors (Lipinski definition) is 2. The third-order valence-corrected chi connectivity index (χ3v) is 4.52. The number of nitrogens with two attached hydrogens (primary N) is 1. The molecule has 0 fully saturated rings. The van der Waals surface area contributed by atoms with Crippen LogP contribution in [0.3, 0.4) is 0 Å². The summed E-state index contributed by atoms with van der Waals surface area (Å²) >= 11 is 0. The van der Waals surface area contributed by atoms with Crippen molar-refractivity contribution in [2.75, 3.05) is 13.2 Å². The van der Waals surface area contributed by atoms with Gasteiger partial charge in [0.25, 0.3) is 10.0 Å². The highest BCUT2D eigenvalue weighted by Crippen LogP contribution is 2.21. The van der Waals surface area contributed by atoms with Crippen LogP contribution < -0.4 is 10.5 Å². The van der Waals surface area contributed by atoms with Crippen molar-refractivity contribution in [3.05, 3.63) is 17.9 Å². The van der Waals surface area contributed by atoms with Gasteiger partial charge in [-0.25, -0.2) is 17.9 Å². The molecule has 0 aliphatic rings. The van der Waals surface area contributed by atoms with E-state index in [-0.39, 0.29) is 29.9 Å². The first-order valence-corrected chi connectivity index (χ1v) is 8.63. The van der Waals surface area contributed by atoms with Crippen LogP contribution in [0, 0.1) is 5.92 Å². The van der Waals surface area contributed by atoms with Crippen molar-refractivity contribution in [3.8, 4) is 0 Å². The van der Waals surface area contributed by atoms with E-state index in [1.54, 1.807) is 13.8 Å². The van der Waals surface area contributed by atoms with Crippen LogP contribution in [0.4, 0.5) is 0 Å². The monoisotopic (exact) mass is 332 g/mol. The molecular formula is C14H24N2O5S. The first-order chi connectivity index (χ1) is 10.1. The molecule has 1 unspecified atom stereocenters. The zero-order chi connectivity index (χ0) is 17.0. The summed E-state index contributed by atoms with van der Waals surface area (Å²) in [6.45, 7) is 7.68. The number of furan rings is 1. The third-order valence-electron chi connectivity index (χ3n) is 3.01. The fourth-order valence-corrected chi connectivity index (χ4v) is 3.58. The summed E-state index contributed by atoms with van der Waals surface area (Å²) in [5.41, 5.74) is 4.91. The molecule has 1 aromatic heterocycles. The van der Waals surface area contributed by atoms with E-state index < -0.39 is 21.5 Å². The number of sulfonamides is 1. The van der Waals surface area contributed by atoms with Crippen LogP contribution in [0.15, 0.2) is 21.6 Å².